The number of aromatic carboxylic acids is 1. The molecule has 0 bridgehead atoms. The average molecular weight is 635 g/mol. The third-order valence-corrected chi connectivity index (χ3v) is 6.95. The highest BCUT2D eigenvalue weighted by molar-refractivity contribution is 8.18. The Kier molecular flexibility index (Phi) is 9.14. The lowest BCUT2D eigenvalue weighted by atomic mass is 9.96. The summed E-state index contributed by atoms with van der Waals surface area (Å²) in [7, 11) is 0. The fraction of sp³-hybridized carbons (Fsp3) is 0.0370. The molecular formula is C27H15Cl2F3N4O5S. The van der Waals surface area contributed by atoms with Gasteiger partial charge in [0.1, 0.15) is 5.69 Å². The largest absolute Gasteiger partial charge is 0.490 e. The van der Waals surface area contributed by atoms with Crippen LogP contribution in [0.5, 0.6) is 0 Å². The predicted octanol–water partition coefficient (Wildman–Crippen LogP) is 6.83. The molecule has 0 radical (unpaired) electrons. The second-order valence-corrected chi connectivity index (χ2v) is 10.1. The highest BCUT2D eigenvalue weighted by Gasteiger charge is 2.38. The quantitative estimate of drug-likeness (QED) is 0.207. The minimum atomic E-state index is -5.08. The van der Waals surface area contributed by atoms with Crippen LogP contribution in [0.15, 0.2) is 77.0 Å². The average Bonchev–Trinajstić information content (AvgIpc) is 3.28. The SMILES string of the molecule is O=C(O)C(F)(F)F.O=C1NC(=Nc2c(Cl)cccc2Cl)S/C1=C\c1ccc2ncc(C(=O)O)c(-c3ccncc3)c2c1. The summed E-state index contributed by atoms with van der Waals surface area (Å²) in [5.74, 6) is -4.16. The van der Waals surface area contributed by atoms with Gasteiger partial charge in [0.15, 0.2) is 5.17 Å². The zero-order valence-electron chi connectivity index (χ0n) is 20.7. The van der Waals surface area contributed by atoms with Crippen LogP contribution in [0.2, 0.25) is 10.0 Å². The van der Waals surface area contributed by atoms with Crippen LogP contribution in [-0.4, -0.2) is 49.4 Å². The number of carboxylic acids is 2. The zero-order valence-corrected chi connectivity index (χ0v) is 23.0. The number of fused-ring (bicyclic) bond motifs is 1. The Morgan fingerprint density at radius 2 is 1.67 bits per heavy atom. The Balaban J connectivity index is 0.000000517. The lowest BCUT2D eigenvalue weighted by Crippen LogP contribution is -2.21. The number of pyridine rings is 2. The van der Waals surface area contributed by atoms with Gasteiger partial charge in [-0.2, -0.15) is 13.2 Å². The number of hydrogen-bond acceptors (Lipinski definition) is 7. The van der Waals surface area contributed by atoms with E-state index in [-0.39, 0.29) is 11.5 Å². The molecule has 214 valence electrons. The number of benzene rings is 2. The molecule has 3 heterocycles. The van der Waals surface area contributed by atoms with E-state index >= 15 is 0 Å². The van der Waals surface area contributed by atoms with E-state index < -0.39 is 18.1 Å². The van der Waals surface area contributed by atoms with E-state index in [4.69, 9.17) is 33.1 Å². The van der Waals surface area contributed by atoms with Crippen molar-refractivity contribution in [1.29, 1.82) is 0 Å². The third kappa shape index (κ3) is 7.05. The number of para-hydroxylation sites is 1. The molecule has 9 nitrogen and oxygen atoms in total. The number of amidine groups is 1. The molecule has 1 fully saturated rings. The molecule has 1 saturated heterocycles. The van der Waals surface area contributed by atoms with Gasteiger partial charge < -0.3 is 15.5 Å². The maximum atomic E-state index is 12.6. The van der Waals surface area contributed by atoms with Crippen molar-refractivity contribution >= 4 is 80.6 Å². The summed E-state index contributed by atoms with van der Waals surface area (Å²) >= 11 is 13.5. The number of aliphatic imine (C=N–C) groups is 1. The monoisotopic (exact) mass is 634 g/mol. The molecule has 3 N–H and O–H groups in total. The molecule has 1 aliphatic heterocycles. The third-order valence-electron chi connectivity index (χ3n) is 5.43. The predicted molar refractivity (Wildman–Crippen MR) is 153 cm³/mol. The molecule has 0 aliphatic carbocycles. The summed E-state index contributed by atoms with van der Waals surface area (Å²) in [4.78, 5) is 46.6. The summed E-state index contributed by atoms with van der Waals surface area (Å²) in [5.41, 5.74) is 3.01. The normalized spacial score (nSPS) is 14.9. The van der Waals surface area contributed by atoms with E-state index in [1.807, 2.05) is 12.1 Å². The van der Waals surface area contributed by atoms with Crippen LogP contribution in [0.3, 0.4) is 0 Å². The van der Waals surface area contributed by atoms with Gasteiger partial charge >= 0.3 is 18.1 Å². The molecule has 42 heavy (non-hydrogen) atoms. The molecule has 4 aromatic rings. The summed E-state index contributed by atoms with van der Waals surface area (Å²) in [5, 5.41) is 21.3. The highest BCUT2D eigenvalue weighted by Crippen LogP contribution is 2.36. The van der Waals surface area contributed by atoms with Crippen LogP contribution in [0.4, 0.5) is 18.9 Å². The van der Waals surface area contributed by atoms with Gasteiger partial charge in [-0.05, 0) is 65.4 Å². The van der Waals surface area contributed by atoms with E-state index in [0.717, 1.165) is 11.8 Å². The smallest absolute Gasteiger partial charge is 0.478 e. The topological polar surface area (TPSA) is 142 Å². The van der Waals surface area contributed by atoms with Crippen LogP contribution in [-0.2, 0) is 9.59 Å². The Morgan fingerprint density at radius 1 is 1.02 bits per heavy atom. The van der Waals surface area contributed by atoms with Crippen molar-refractivity contribution in [1.82, 2.24) is 15.3 Å². The number of thioether (sulfide) groups is 1. The number of carbonyl (C=O) groups excluding carboxylic acids is 1. The summed E-state index contributed by atoms with van der Waals surface area (Å²) in [6.07, 6.45) is 1.18. The number of halogens is 5. The van der Waals surface area contributed by atoms with Crippen LogP contribution in [0.1, 0.15) is 15.9 Å². The molecule has 1 aliphatic rings. The minimum Gasteiger partial charge on any atom is -0.478 e. The van der Waals surface area contributed by atoms with Crippen LogP contribution < -0.4 is 5.32 Å². The molecule has 0 atom stereocenters. The van der Waals surface area contributed by atoms with Crippen molar-refractivity contribution < 1.29 is 37.8 Å². The first-order valence-electron chi connectivity index (χ1n) is 11.5. The molecule has 2 aromatic heterocycles. The number of aliphatic carboxylic acids is 1. The number of nitrogens with zero attached hydrogens (tertiary/aromatic N) is 3. The van der Waals surface area contributed by atoms with E-state index in [2.05, 4.69) is 20.3 Å². The number of carbonyl (C=O) groups is 3. The van der Waals surface area contributed by atoms with Gasteiger partial charge in [-0.3, -0.25) is 14.8 Å². The highest BCUT2D eigenvalue weighted by atomic mass is 35.5. The Labute approximate surface area is 248 Å². The van der Waals surface area contributed by atoms with Crippen molar-refractivity contribution in [3.05, 3.63) is 93.2 Å². The number of aromatic nitrogens is 2. The Morgan fingerprint density at radius 3 is 2.26 bits per heavy atom. The Hall–Kier alpha value is -4.46. The molecule has 15 heteroatoms. The number of carboxylic acid groups (broad SMARTS) is 2. The number of amides is 1. The van der Waals surface area contributed by atoms with E-state index in [9.17, 15) is 27.9 Å². The molecule has 1 amide bonds. The fourth-order valence-corrected chi connectivity index (χ4v) is 4.93. The lowest BCUT2D eigenvalue weighted by molar-refractivity contribution is -0.192. The zero-order chi connectivity index (χ0) is 30.6. The van der Waals surface area contributed by atoms with E-state index in [0.29, 0.717) is 53.4 Å². The molecule has 0 spiro atoms. The molecule has 0 unspecified atom stereocenters. The van der Waals surface area contributed by atoms with Crippen molar-refractivity contribution in [2.75, 3.05) is 0 Å². The van der Waals surface area contributed by atoms with Gasteiger partial charge in [-0.1, -0.05) is 35.3 Å². The van der Waals surface area contributed by atoms with Crippen LogP contribution in [0, 0.1) is 0 Å². The first-order chi connectivity index (χ1) is 19.8. The minimum absolute atomic E-state index is 0.0764. The number of hydrogen-bond donors (Lipinski definition) is 3. The van der Waals surface area contributed by atoms with Crippen molar-refractivity contribution in [2.45, 2.75) is 6.18 Å². The van der Waals surface area contributed by atoms with Crippen molar-refractivity contribution in [3.63, 3.8) is 0 Å². The number of rotatable bonds is 4. The van der Waals surface area contributed by atoms with Crippen molar-refractivity contribution in [3.8, 4) is 11.1 Å². The second kappa shape index (κ2) is 12.6. The Bertz CT molecular complexity index is 1760. The first kappa shape index (κ1) is 30.5. The van der Waals surface area contributed by atoms with Crippen LogP contribution in [0.25, 0.3) is 28.1 Å². The molecule has 2 aromatic carbocycles. The molecule has 0 saturated carbocycles. The maximum Gasteiger partial charge on any atom is 0.490 e. The van der Waals surface area contributed by atoms with Gasteiger partial charge in [-0.25, -0.2) is 14.6 Å². The van der Waals surface area contributed by atoms with Gasteiger partial charge in [0.05, 0.1) is 26.0 Å². The molecular weight excluding hydrogens is 620 g/mol. The molecule has 5 rings (SSSR count). The van der Waals surface area contributed by atoms with Gasteiger partial charge in [0, 0.05) is 29.5 Å². The second-order valence-electron chi connectivity index (χ2n) is 8.22. The fourth-order valence-electron chi connectivity index (χ4n) is 3.62. The first-order valence-corrected chi connectivity index (χ1v) is 13.0. The summed E-state index contributed by atoms with van der Waals surface area (Å²) in [6.45, 7) is 0. The van der Waals surface area contributed by atoms with E-state index in [1.165, 1.54) is 6.20 Å². The van der Waals surface area contributed by atoms with Crippen molar-refractivity contribution in [2.24, 2.45) is 4.99 Å². The summed E-state index contributed by atoms with van der Waals surface area (Å²) in [6, 6.07) is 13.9. The van der Waals surface area contributed by atoms with Gasteiger partial charge in [0.25, 0.3) is 5.91 Å². The summed E-state index contributed by atoms with van der Waals surface area (Å²) < 4.78 is 31.7. The number of alkyl halides is 3. The number of nitrogens with one attached hydrogen (secondary N) is 1. The van der Waals surface area contributed by atoms with Gasteiger partial charge in [-0.15, -0.1) is 0 Å². The van der Waals surface area contributed by atoms with Crippen LogP contribution >= 0.6 is 35.0 Å². The lowest BCUT2D eigenvalue weighted by Gasteiger charge is -2.11. The standard InChI is InChI=1S/C25H14Cl2N4O3S.C2HF3O2/c26-17-2-1-3-18(27)22(17)30-25-31-23(32)20(35-25)11-13-4-5-19-15(10-13)21(14-6-8-28-9-7-14)16(12-29-19)24(33)34;3-2(4,5)1(6)7/h1-12H,(H,33,34)(H,30,31,32);(H,6,7)/b20-11-;. The van der Waals surface area contributed by atoms with Gasteiger partial charge in [0.2, 0.25) is 0 Å². The maximum absolute atomic E-state index is 12.6. The van der Waals surface area contributed by atoms with E-state index in [1.54, 1.807) is 54.9 Å².